The minimum atomic E-state index is -0.507. The number of hydrogen-bond acceptors (Lipinski definition) is 9. The van der Waals surface area contributed by atoms with Crippen molar-refractivity contribution in [2.45, 2.75) is 29.6 Å². The first-order chi connectivity index (χ1) is 17.6. The zero-order valence-corrected chi connectivity index (χ0v) is 21.1. The van der Waals surface area contributed by atoms with E-state index in [-0.39, 0.29) is 30.2 Å². The highest BCUT2D eigenvalue weighted by Crippen LogP contribution is 2.44. The summed E-state index contributed by atoms with van der Waals surface area (Å²) < 4.78 is 5.87. The molecule has 1 aromatic heterocycles. The van der Waals surface area contributed by atoms with Crippen molar-refractivity contribution in [2.24, 2.45) is 11.0 Å². The van der Waals surface area contributed by atoms with Crippen LogP contribution in [0.15, 0.2) is 75.7 Å². The Kier molecular flexibility index (Phi) is 7.43. The highest BCUT2D eigenvalue weighted by atomic mass is 32.2. The first kappa shape index (κ1) is 24.2. The Morgan fingerprint density at radius 3 is 2.58 bits per heavy atom. The quantitative estimate of drug-likeness (QED) is 0.359. The van der Waals surface area contributed by atoms with Crippen molar-refractivity contribution in [3.05, 3.63) is 77.4 Å². The van der Waals surface area contributed by atoms with Crippen molar-refractivity contribution in [3.63, 3.8) is 0 Å². The molecule has 2 aliphatic rings. The molecule has 1 aliphatic heterocycles. The number of carbonyl (C=O) groups is 2. The Labute approximate surface area is 217 Å². The van der Waals surface area contributed by atoms with Gasteiger partial charge >= 0.3 is 5.97 Å². The van der Waals surface area contributed by atoms with Gasteiger partial charge in [0.2, 0.25) is 5.13 Å². The molecule has 2 N–H and O–H groups in total. The van der Waals surface area contributed by atoms with E-state index in [1.165, 1.54) is 28.1 Å². The number of hydrogen-bond donors (Lipinski definition) is 1. The number of anilines is 1. The molecule has 1 saturated carbocycles. The van der Waals surface area contributed by atoms with Gasteiger partial charge in [0.25, 0.3) is 5.91 Å². The van der Waals surface area contributed by atoms with Gasteiger partial charge in [0.05, 0.1) is 17.5 Å². The Hall–Kier alpha value is -3.50. The van der Waals surface area contributed by atoms with E-state index in [9.17, 15) is 9.59 Å². The molecule has 1 fully saturated rings. The average molecular weight is 520 g/mol. The van der Waals surface area contributed by atoms with Crippen molar-refractivity contribution in [1.29, 1.82) is 0 Å². The third kappa shape index (κ3) is 5.50. The molecule has 0 spiro atoms. The largest absolute Gasteiger partial charge is 0.455 e. The van der Waals surface area contributed by atoms with Crippen LogP contribution in [0.5, 0.6) is 0 Å². The smallest absolute Gasteiger partial charge is 0.316 e. The molecule has 2 atom stereocenters. The third-order valence-corrected chi connectivity index (χ3v) is 7.99. The number of rotatable bonds is 7. The van der Waals surface area contributed by atoms with Crippen LogP contribution in [0.1, 0.15) is 36.4 Å². The zero-order valence-electron chi connectivity index (χ0n) is 19.4. The standard InChI is InChI=1S/C26H25N5O3S2/c27-25-28-29-26(36-25)35-16-22(33)34-15-21(32)31-24(18-10-5-2-6-11-18)20-13-7-12-19(23(20)30-31)14-17-8-3-1-4-9-17/h1-6,8-11,14,20,24H,7,12-13,15-16H2,(H2,27,28). The van der Waals surface area contributed by atoms with E-state index in [0.29, 0.717) is 9.47 Å². The SMILES string of the molecule is Nc1nnc(SCC(=O)OCC(=O)N2N=C3C(=Cc4ccccc4)CCCC3C2c2ccccc2)s1. The van der Waals surface area contributed by atoms with Crippen LogP contribution < -0.4 is 5.73 Å². The van der Waals surface area contributed by atoms with Crippen LogP contribution in [0.3, 0.4) is 0 Å². The highest BCUT2D eigenvalue weighted by molar-refractivity contribution is 8.01. The first-order valence-electron chi connectivity index (χ1n) is 11.7. The number of hydrazone groups is 1. The van der Waals surface area contributed by atoms with E-state index >= 15 is 0 Å². The lowest BCUT2D eigenvalue weighted by Gasteiger charge is -2.29. The van der Waals surface area contributed by atoms with Gasteiger partial charge in [-0.2, -0.15) is 5.10 Å². The molecule has 2 heterocycles. The molecule has 36 heavy (non-hydrogen) atoms. The van der Waals surface area contributed by atoms with E-state index in [1.54, 1.807) is 0 Å². The number of benzene rings is 2. The van der Waals surface area contributed by atoms with Crippen molar-refractivity contribution < 1.29 is 14.3 Å². The Morgan fingerprint density at radius 2 is 1.86 bits per heavy atom. The maximum Gasteiger partial charge on any atom is 0.316 e. The number of fused-ring (bicyclic) bond motifs is 1. The van der Waals surface area contributed by atoms with Gasteiger partial charge in [0.1, 0.15) is 0 Å². The van der Waals surface area contributed by atoms with E-state index in [4.69, 9.17) is 15.6 Å². The Morgan fingerprint density at radius 1 is 1.11 bits per heavy atom. The summed E-state index contributed by atoms with van der Waals surface area (Å²) in [5, 5.41) is 14.3. The highest BCUT2D eigenvalue weighted by Gasteiger charge is 2.43. The van der Waals surface area contributed by atoms with Gasteiger partial charge in [0, 0.05) is 5.92 Å². The van der Waals surface area contributed by atoms with Crippen molar-refractivity contribution >= 4 is 51.9 Å². The van der Waals surface area contributed by atoms with Gasteiger partial charge in [-0.25, -0.2) is 5.01 Å². The predicted octanol–water partition coefficient (Wildman–Crippen LogP) is 4.58. The number of allylic oxidation sites excluding steroid dienone is 1. The van der Waals surface area contributed by atoms with Crippen LogP contribution >= 0.6 is 23.1 Å². The van der Waals surface area contributed by atoms with Gasteiger partial charge in [-0.3, -0.25) is 9.59 Å². The summed E-state index contributed by atoms with van der Waals surface area (Å²) in [6.07, 6.45) is 5.04. The number of nitrogen functional groups attached to an aromatic ring is 1. The number of carbonyl (C=O) groups excluding carboxylic acids is 2. The number of esters is 1. The summed E-state index contributed by atoms with van der Waals surface area (Å²) in [5.74, 6) is -0.740. The lowest BCUT2D eigenvalue weighted by atomic mass is 9.77. The van der Waals surface area contributed by atoms with Crippen molar-refractivity contribution in [1.82, 2.24) is 15.2 Å². The molecular formula is C26H25N5O3S2. The maximum atomic E-state index is 13.3. The second-order valence-corrected chi connectivity index (χ2v) is 10.7. The van der Waals surface area contributed by atoms with E-state index < -0.39 is 5.97 Å². The molecule has 3 aromatic rings. The molecule has 0 saturated heterocycles. The molecule has 2 unspecified atom stereocenters. The van der Waals surface area contributed by atoms with Gasteiger partial charge in [-0.1, -0.05) is 83.8 Å². The van der Waals surface area contributed by atoms with Crippen LogP contribution in [-0.4, -0.2) is 45.2 Å². The minimum absolute atomic E-state index is 0.0190. The van der Waals surface area contributed by atoms with Crippen molar-refractivity contribution in [3.8, 4) is 0 Å². The molecule has 0 radical (unpaired) electrons. The maximum absolute atomic E-state index is 13.3. The van der Waals surface area contributed by atoms with E-state index in [2.05, 4.69) is 28.4 Å². The summed E-state index contributed by atoms with van der Waals surface area (Å²) in [6, 6.07) is 19.9. The summed E-state index contributed by atoms with van der Waals surface area (Å²) in [4.78, 5) is 25.6. The predicted molar refractivity (Wildman–Crippen MR) is 141 cm³/mol. The Balaban J connectivity index is 1.33. The van der Waals surface area contributed by atoms with Gasteiger partial charge < -0.3 is 10.5 Å². The molecule has 184 valence electrons. The van der Waals surface area contributed by atoms with Crippen LogP contribution in [0.4, 0.5) is 5.13 Å². The monoisotopic (exact) mass is 519 g/mol. The molecule has 5 rings (SSSR count). The molecular weight excluding hydrogens is 494 g/mol. The normalized spacial score (nSPS) is 20.2. The fourth-order valence-electron chi connectivity index (χ4n) is 4.59. The summed E-state index contributed by atoms with van der Waals surface area (Å²) in [5.41, 5.74) is 9.80. The number of aromatic nitrogens is 2. The number of thioether (sulfide) groups is 1. The minimum Gasteiger partial charge on any atom is -0.455 e. The van der Waals surface area contributed by atoms with Gasteiger partial charge in [0.15, 0.2) is 10.9 Å². The summed E-state index contributed by atoms with van der Waals surface area (Å²) >= 11 is 2.38. The second kappa shape index (κ2) is 11.0. The molecule has 8 nitrogen and oxygen atoms in total. The number of amides is 1. The van der Waals surface area contributed by atoms with E-state index in [0.717, 1.165) is 41.7 Å². The zero-order chi connectivity index (χ0) is 24.9. The van der Waals surface area contributed by atoms with Gasteiger partial charge in [-0.15, -0.1) is 10.2 Å². The van der Waals surface area contributed by atoms with Crippen LogP contribution in [0, 0.1) is 5.92 Å². The second-order valence-electron chi connectivity index (χ2n) is 8.51. The number of nitrogens with two attached hydrogens (primary N) is 1. The van der Waals surface area contributed by atoms with Gasteiger partial charge in [-0.05, 0) is 42.0 Å². The van der Waals surface area contributed by atoms with Crippen LogP contribution in [0.25, 0.3) is 6.08 Å². The fourth-order valence-corrected chi connectivity index (χ4v) is 6.02. The Bertz CT molecular complexity index is 1290. The molecule has 1 amide bonds. The first-order valence-corrected chi connectivity index (χ1v) is 13.5. The van der Waals surface area contributed by atoms with Crippen LogP contribution in [0.2, 0.25) is 0 Å². The van der Waals surface area contributed by atoms with Crippen molar-refractivity contribution in [2.75, 3.05) is 18.1 Å². The van der Waals surface area contributed by atoms with E-state index in [1.807, 2.05) is 48.5 Å². The number of ether oxygens (including phenoxy) is 1. The number of nitrogens with zero attached hydrogens (tertiary/aromatic N) is 4. The topological polar surface area (TPSA) is 111 Å². The summed E-state index contributed by atoms with van der Waals surface area (Å²) in [7, 11) is 0. The average Bonchev–Trinajstić information content (AvgIpc) is 3.51. The lowest BCUT2D eigenvalue weighted by molar-refractivity contribution is -0.151. The van der Waals surface area contributed by atoms with Crippen LogP contribution in [-0.2, 0) is 14.3 Å². The molecule has 1 aliphatic carbocycles. The summed E-state index contributed by atoms with van der Waals surface area (Å²) in [6.45, 7) is -0.373. The lowest BCUT2D eigenvalue weighted by Crippen LogP contribution is -2.34. The molecule has 10 heteroatoms. The molecule has 2 aromatic carbocycles. The fraction of sp³-hybridized carbons (Fsp3) is 0.269. The third-order valence-electron chi connectivity index (χ3n) is 6.13. The molecule has 0 bridgehead atoms.